The summed E-state index contributed by atoms with van der Waals surface area (Å²) in [5.74, 6) is 1.22. The van der Waals surface area contributed by atoms with Crippen LogP contribution < -0.4 is 26.3 Å². The number of hydrogen-bond acceptors (Lipinski definition) is 9. The van der Waals surface area contributed by atoms with E-state index in [1.807, 2.05) is 13.0 Å². The Bertz CT molecular complexity index is 1530. The molecule has 4 rings (SSSR count). The van der Waals surface area contributed by atoms with Gasteiger partial charge >= 0.3 is 11.3 Å². The first kappa shape index (κ1) is 22.1. The lowest BCUT2D eigenvalue weighted by Gasteiger charge is -2.09. The van der Waals surface area contributed by atoms with Crippen LogP contribution in [0.3, 0.4) is 0 Å². The van der Waals surface area contributed by atoms with Crippen LogP contribution in [0.15, 0.2) is 73.2 Å². The van der Waals surface area contributed by atoms with Gasteiger partial charge in [0.2, 0.25) is 5.13 Å². The van der Waals surface area contributed by atoms with Crippen LogP contribution in [0, 0.1) is 5.41 Å². The molecule has 0 unspecified atom stereocenters. The van der Waals surface area contributed by atoms with Crippen LogP contribution in [0.1, 0.15) is 12.5 Å². The van der Waals surface area contributed by atoms with E-state index in [1.165, 1.54) is 18.4 Å². The number of methoxy groups -OCH3 is 1. The number of nitrogens with one attached hydrogen (secondary N) is 1. The molecule has 0 radical (unpaired) electrons. The number of benzene rings is 2. The van der Waals surface area contributed by atoms with E-state index in [1.54, 1.807) is 36.4 Å². The summed E-state index contributed by atoms with van der Waals surface area (Å²) in [7, 11) is 1.52. The van der Waals surface area contributed by atoms with Crippen LogP contribution in [-0.2, 0) is 6.54 Å². The number of para-hydroxylation sites is 1. The number of fused-ring (bicyclic) bond motifs is 1. The summed E-state index contributed by atoms with van der Waals surface area (Å²) < 4.78 is 24.2. The zero-order valence-electron chi connectivity index (χ0n) is 17.8. The minimum Gasteiger partial charge on any atom is -0.496 e. The van der Waals surface area contributed by atoms with E-state index in [0.717, 1.165) is 26.3 Å². The zero-order valence-corrected chi connectivity index (χ0v) is 18.6. The first-order valence-electron chi connectivity index (χ1n) is 9.92. The molecule has 4 aromatic rings. The highest BCUT2D eigenvalue weighted by Gasteiger charge is 2.12. The van der Waals surface area contributed by atoms with E-state index in [9.17, 15) is 9.59 Å². The summed E-state index contributed by atoms with van der Waals surface area (Å²) in [6.07, 6.45) is 0. The van der Waals surface area contributed by atoms with Crippen molar-refractivity contribution < 1.29 is 18.5 Å². The standard InChI is InChI=1S/C22H20N4O6S/c1-3-30-15-8-9-16-18(12-15)33-22(24-16)26-21(23)25(31-19(27)10-11-20(28)32-26)13-14-6-4-5-7-17(14)29-2/h4-12,23H,3,13H2,1-2H3. The molecule has 0 fully saturated rings. The van der Waals surface area contributed by atoms with Crippen LogP contribution >= 0.6 is 11.3 Å². The number of nitrogens with zero attached hydrogens (tertiary/aromatic N) is 3. The summed E-state index contributed by atoms with van der Waals surface area (Å²) >= 11 is 1.19. The Balaban J connectivity index is 1.94. The van der Waals surface area contributed by atoms with Crippen molar-refractivity contribution in [2.24, 2.45) is 0 Å². The maximum absolute atomic E-state index is 12.2. The van der Waals surface area contributed by atoms with E-state index >= 15 is 0 Å². The van der Waals surface area contributed by atoms with Crippen LogP contribution in [0.5, 0.6) is 11.5 Å². The molecule has 0 aliphatic rings. The van der Waals surface area contributed by atoms with Gasteiger partial charge in [-0.3, -0.25) is 5.41 Å². The van der Waals surface area contributed by atoms with E-state index in [-0.39, 0.29) is 11.7 Å². The molecule has 0 atom stereocenters. The second-order valence-electron chi connectivity index (χ2n) is 6.68. The van der Waals surface area contributed by atoms with Crippen LogP contribution in [-0.4, -0.2) is 28.2 Å². The molecular formula is C22H20N4O6S. The fourth-order valence-corrected chi connectivity index (χ4v) is 3.99. The number of ether oxygens (including phenoxy) is 2. The van der Waals surface area contributed by atoms with Gasteiger partial charge in [0, 0.05) is 17.7 Å². The number of aromatic nitrogens is 3. The molecule has 2 aromatic carbocycles. The van der Waals surface area contributed by atoms with Gasteiger partial charge in [0.15, 0.2) is 0 Å². The van der Waals surface area contributed by atoms with E-state index < -0.39 is 16.9 Å². The normalized spacial score (nSPS) is 10.7. The Kier molecular flexibility index (Phi) is 6.41. The van der Waals surface area contributed by atoms with Gasteiger partial charge in [-0.2, -0.15) is 4.74 Å². The molecule has 1 N–H and O–H groups in total. The Morgan fingerprint density at radius 1 is 1.06 bits per heavy atom. The highest BCUT2D eigenvalue weighted by atomic mass is 32.1. The predicted molar refractivity (Wildman–Crippen MR) is 121 cm³/mol. The second kappa shape index (κ2) is 9.57. The van der Waals surface area contributed by atoms with E-state index in [2.05, 4.69) is 4.98 Å². The van der Waals surface area contributed by atoms with Gasteiger partial charge in [-0.25, -0.2) is 14.6 Å². The summed E-state index contributed by atoms with van der Waals surface area (Å²) in [5.41, 5.74) is -0.830. The molecule has 0 spiro atoms. The van der Waals surface area contributed by atoms with Crippen molar-refractivity contribution in [1.82, 2.24) is 14.5 Å². The van der Waals surface area contributed by atoms with Crippen LogP contribution in [0.4, 0.5) is 0 Å². The molecule has 0 aliphatic heterocycles. The lowest BCUT2D eigenvalue weighted by Crippen LogP contribution is -2.30. The first-order chi connectivity index (χ1) is 16.0. The van der Waals surface area contributed by atoms with Crippen molar-refractivity contribution in [3.63, 3.8) is 0 Å². The highest BCUT2D eigenvalue weighted by Crippen LogP contribution is 2.27. The van der Waals surface area contributed by atoms with Gasteiger partial charge in [0.05, 0.1) is 30.5 Å². The van der Waals surface area contributed by atoms with Crippen molar-refractivity contribution in [2.45, 2.75) is 13.5 Å². The average molecular weight is 468 g/mol. The summed E-state index contributed by atoms with van der Waals surface area (Å²) in [6, 6.07) is 14.3. The van der Waals surface area contributed by atoms with E-state index in [0.29, 0.717) is 29.2 Å². The van der Waals surface area contributed by atoms with Crippen LogP contribution in [0.25, 0.3) is 15.3 Å². The summed E-state index contributed by atoms with van der Waals surface area (Å²) in [6.45, 7) is 2.37. The van der Waals surface area contributed by atoms with Crippen molar-refractivity contribution in [3.8, 4) is 16.6 Å². The molecular weight excluding hydrogens is 448 g/mol. The Morgan fingerprint density at radius 2 is 1.82 bits per heavy atom. The molecule has 170 valence electrons. The second-order valence-corrected chi connectivity index (χ2v) is 7.69. The molecule has 0 bridgehead atoms. The van der Waals surface area contributed by atoms with Gasteiger partial charge in [-0.1, -0.05) is 29.5 Å². The average Bonchev–Trinajstić information content (AvgIpc) is 3.25. The van der Waals surface area contributed by atoms with Crippen LogP contribution in [0.2, 0.25) is 0 Å². The number of rotatable bonds is 6. The minimum atomic E-state index is -0.856. The number of thiazole rings is 1. The highest BCUT2D eigenvalue weighted by molar-refractivity contribution is 7.20. The smallest absolute Gasteiger partial charge is 0.357 e. The molecule has 0 saturated heterocycles. The predicted octanol–water partition coefficient (Wildman–Crippen LogP) is 2.85. The third-order valence-corrected chi connectivity index (χ3v) is 5.49. The maximum Gasteiger partial charge on any atom is 0.357 e. The molecule has 2 heterocycles. The van der Waals surface area contributed by atoms with E-state index in [4.69, 9.17) is 23.9 Å². The van der Waals surface area contributed by atoms with Crippen molar-refractivity contribution >= 4 is 21.6 Å². The molecule has 33 heavy (non-hydrogen) atoms. The Labute approximate surface area is 190 Å². The largest absolute Gasteiger partial charge is 0.496 e. The third kappa shape index (κ3) is 4.88. The fourth-order valence-electron chi connectivity index (χ4n) is 3.04. The van der Waals surface area contributed by atoms with Crippen molar-refractivity contribution in [3.05, 3.63) is 86.6 Å². The SMILES string of the molecule is CCOc1ccc2nc(-n3oc(=O)ccc(=O)on(Cc4ccccc4OC)c3=N)sc2c1. The fraction of sp³-hybridized carbons (Fsp3) is 0.182. The van der Waals surface area contributed by atoms with Gasteiger partial charge in [0.1, 0.15) is 11.5 Å². The quantitative estimate of drug-likeness (QED) is 0.461. The van der Waals surface area contributed by atoms with Crippen molar-refractivity contribution in [1.29, 1.82) is 5.41 Å². The van der Waals surface area contributed by atoms with Gasteiger partial charge in [-0.05, 0) is 31.2 Å². The zero-order chi connectivity index (χ0) is 23.4. The molecule has 0 amide bonds. The van der Waals surface area contributed by atoms with Gasteiger partial charge < -0.3 is 18.5 Å². The summed E-state index contributed by atoms with van der Waals surface area (Å²) in [4.78, 5) is 28.9. The molecule has 0 saturated carbocycles. The third-order valence-electron chi connectivity index (χ3n) is 4.51. The molecule has 11 heteroatoms. The maximum atomic E-state index is 12.2. The number of hydrogen-bond donors (Lipinski definition) is 1. The summed E-state index contributed by atoms with van der Waals surface area (Å²) in [5, 5.41) is 8.89. The monoisotopic (exact) mass is 468 g/mol. The minimum absolute atomic E-state index is 0.0319. The van der Waals surface area contributed by atoms with Gasteiger partial charge in [-0.15, -0.1) is 4.74 Å². The molecule has 10 nitrogen and oxygen atoms in total. The first-order valence-corrected chi connectivity index (χ1v) is 10.7. The lowest BCUT2D eigenvalue weighted by atomic mass is 10.2. The molecule has 2 aromatic heterocycles. The topological polar surface area (TPSA) is 125 Å². The lowest BCUT2D eigenvalue weighted by molar-refractivity contribution is 0.197. The van der Waals surface area contributed by atoms with Crippen molar-refractivity contribution in [2.75, 3.05) is 13.7 Å². The molecule has 0 aliphatic carbocycles. The van der Waals surface area contributed by atoms with Gasteiger partial charge in [0.25, 0.3) is 5.62 Å². The Morgan fingerprint density at radius 3 is 2.58 bits per heavy atom. The Hall–Kier alpha value is -4.12.